The van der Waals surface area contributed by atoms with Crippen LogP contribution in [0.3, 0.4) is 0 Å². The zero-order chi connectivity index (χ0) is 29.8. The van der Waals surface area contributed by atoms with Gasteiger partial charge in [0.2, 0.25) is 5.91 Å². The molecule has 2 N–H and O–H groups in total. The summed E-state index contributed by atoms with van der Waals surface area (Å²) in [5, 5.41) is 5.81. The van der Waals surface area contributed by atoms with Crippen LogP contribution in [0, 0.1) is 11.6 Å². The van der Waals surface area contributed by atoms with E-state index in [2.05, 4.69) is 10.6 Å². The number of carbonyl (C=O) groups is 4. The number of aryl methyl sites for hydroxylation is 1. The first-order valence-corrected chi connectivity index (χ1v) is 13.6. The van der Waals surface area contributed by atoms with Crippen LogP contribution in [0.25, 0.3) is 0 Å². The van der Waals surface area contributed by atoms with Crippen molar-refractivity contribution in [1.29, 1.82) is 0 Å². The van der Waals surface area contributed by atoms with Crippen molar-refractivity contribution >= 4 is 29.5 Å². The van der Waals surface area contributed by atoms with Gasteiger partial charge >= 0.3 is 12.0 Å². The second-order valence-corrected chi connectivity index (χ2v) is 10.2. The predicted molar refractivity (Wildman–Crippen MR) is 150 cm³/mol. The molecule has 0 radical (unpaired) electrons. The number of nitrogens with zero attached hydrogens (tertiary/aromatic N) is 2. The van der Waals surface area contributed by atoms with Crippen LogP contribution in [0.5, 0.6) is 0 Å². The number of nitrogens with one attached hydrogen (secondary N) is 2. The minimum Gasteiger partial charge on any atom is -0.465 e. The SMILES string of the molecule is COC(=O)c1ccc(NC(=O)N2CCN(C(=O)c3ccc(F)c(F)c3)C(C(=O)NC3CCCc4ccccc43)C2)cc1. The van der Waals surface area contributed by atoms with Crippen LogP contribution in [0.2, 0.25) is 0 Å². The van der Waals surface area contributed by atoms with Gasteiger partial charge in [0, 0.05) is 24.3 Å². The predicted octanol–water partition coefficient (Wildman–Crippen LogP) is 4.30. The normalized spacial score (nSPS) is 18.1. The van der Waals surface area contributed by atoms with Crippen molar-refractivity contribution < 1.29 is 32.7 Å². The first-order chi connectivity index (χ1) is 20.2. The van der Waals surface area contributed by atoms with Gasteiger partial charge in [-0.1, -0.05) is 24.3 Å². The molecule has 1 aliphatic carbocycles. The van der Waals surface area contributed by atoms with Gasteiger partial charge < -0.3 is 25.2 Å². The molecule has 1 saturated heterocycles. The number of anilines is 1. The minimum atomic E-state index is -1.17. The molecule has 2 unspecified atom stereocenters. The quantitative estimate of drug-likeness (QED) is 0.441. The van der Waals surface area contributed by atoms with Crippen LogP contribution in [0.1, 0.15) is 50.7 Å². The van der Waals surface area contributed by atoms with Gasteiger partial charge in [-0.15, -0.1) is 0 Å². The van der Waals surface area contributed by atoms with Crippen LogP contribution < -0.4 is 10.6 Å². The zero-order valence-corrected chi connectivity index (χ0v) is 22.9. The second kappa shape index (κ2) is 12.4. The molecule has 218 valence electrons. The van der Waals surface area contributed by atoms with E-state index >= 15 is 0 Å². The number of piperazine rings is 1. The number of halogens is 2. The van der Waals surface area contributed by atoms with Crippen molar-refractivity contribution in [2.24, 2.45) is 0 Å². The van der Waals surface area contributed by atoms with E-state index in [-0.39, 0.29) is 31.2 Å². The summed E-state index contributed by atoms with van der Waals surface area (Å²) >= 11 is 0. The monoisotopic (exact) mass is 576 g/mol. The van der Waals surface area contributed by atoms with E-state index in [1.165, 1.54) is 35.1 Å². The summed E-state index contributed by atoms with van der Waals surface area (Å²) in [6.07, 6.45) is 2.51. The number of benzene rings is 3. The summed E-state index contributed by atoms with van der Waals surface area (Å²) in [6.45, 7) is -0.0366. The fourth-order valence-electron chi connectivity index (χ4n) is 5.41. The minimum absolute atomic E-state index is 0.00807. The summed E-state index contributed by atoms with van der Waals surface area (Å²) in [5.41, 5.74) is 2.80. The maximum atomic E-state index is 14.0. The van der Waals surface area contributed by atoms with E-state index in [1.54, 1.807) is 12.1 Å². The van der Waals surface area contributed by atoms with Crippen LogP contribution in [-0.4, -0.2) is 66.4 Å². The topological polar surface area (TPSA) is 108 Å². The number of urea groups is 1. The summed E-state index contributed by atoms with van der Waals surface area (Å²) in [6, 6.07) is 15.0. The van der Waals surface area contributed by atoms with Gasteiger partial charge in [-0.05, 0) is 72.9 Å². The second-order valence-electron chi connectivity index (χ2n) is 10.2. The number of methoxy groups -OCH3 is 1. The molecule has 9 nitrogen and oxygen atoms in total. The fraction of sp³-hybridized carbons (Fsp3) is 0.290. The highest BCUT2D eigenvalue weighted by Crippen LogP contribution is 2.30. The van der Waals surface area contributed by atoms with Crippen LogP contribution in [0.4, 0.5) is 19.3 Å². The number of fused-ring (bicyclic) bond motifs is 1. The smallest absolute Gasteiger partial charge is 0.337 e. The standard InChI is InChI=1S/C31H30F2N4O5/c1-42-30(40)20-9-12-22(13-10-20)34-31(41)36-15-16-37(29(39)21-11-14-24(32)25(33)17-21)27(18-36)28(38)35-26-8-4-6-19-5-2-3-7-23(19)26/h2-3,5,7,9-14,17,26-27H,4,6,8,15-16,18H2,1H3,(H,34,41)(H,35,38). The first kappa shape index (κ1) is 28.7. The van der Waals surface area contributed by atoms with E-state index in [0.717, 1.165) is 42.5 Å². The molecule has 1 aliphatic heterocycles. The van der Waals surface area contributed by atoms with E-state index in [9.17, 15) is 28.0 Å². The molecule has 0 aromatic heterocycles. The van der Waals surface area contributed by atoms with Crippen molar-refractivity contribution in [2.45, 2.75) is 31.3 Å². The molecule has 3 aromatic rings. The lowest BCUT2D eigenvalue weighted by molar-refractivity contribution is -0.128. The van der Waals surface area contributed by atoms with E-state index in [1.807, 2.05) is 24.3 Å². The van der Waals surface area contributed by atoms with Crippen LogP contribution in [0.15, 0.2) is 66.7 Å². The molecular formula is C31H30F2N4O5. The average molecular weight is 577 g/mol. The molecule has 2 atom stereocenters. The Balaban J connectivity index is 1.36. The Morgan fingerprint density at radius 3 is 2.38 bits per heavy atom. The largest absolute Gasteiger partial charge is 0.465 e. The van der Waals surface area contributed by atoms with Crippen molar-refractivity contribution in [1.82, 2.24) is 15.1 Å². The highest BCUT2D eigenvalue weighted by atomic mass is 19.2. The third-order valence-electron chi connectivity index (χ3n) is 7.64. The number of hydrogen-bond acceptors (Lipinski definition) is 5. The molecule has 1 fully saturated rings. The third kappa shape index (κ3) is 6.09. The third-order valence-corrected chi connectivity index (χ3v) is 7.64. The van der Waals surface area contributed by atoms with Gasteiger partial charge in [0.05, 0.1) is 25.3 Å². The Hall–Kier alpha value is -4.80. The van der Waals surface area contributed by atoms with Gasteiger partial charge in [-0.3, -0.25) is 9.59 Å². The molecule has 3 aromatic carbocycles. The molecule has 1 heterocycles. The Morgan fingerprint density at radius 1 is 0.905 bits per heavy atom. The summed E-state index contributed by atoms with van der Waals surface area (Å²) < 4.78 is 32.2. The molecule has 0 bridgehead atoms. The number of hydrogen-bond donors (Lipinski definition) is 2. The maximum absolute atomic E-state index is 14.0. The Morgan fingerprint density at radius 2 is 1.64 bits per heavy atom. The van der Waals surface area contributed by atoms with Gasteiger partial charge in [0.15, 0.2) is 11.6 Å². The summed E-state index contributed by atoms with van der Waals surface area (Å²) in [5.74, 6) is -3.86. The van der Waals surface area contributed by atoms with E-state index in [4.69, 9.17) is 4.74 Å². The Labute approximate surface area is 241 Å². The number of ether oxygens (including phenoxy) is 1. The first-order valence-electron chi connectivity index (χ1n) is 13.6. The van der Waals surface area contributed by atoms with Gasteiger partial charge in [-0.2, -0.15) is 0 Å². The molecule has 4 amide bonds. The van der Waals surface area contributed by atoms with Gasteiger partial charge in [0.25, 0.3) is 5.91 Å². The molecule has 11 heteroatoms. The highest BCUT2D eigenvalue weighted by Gasteiger charge is 2.38. The number of rotatable bonds is 5. The summed E-state index contributed by atoms with van der Waals surface area (Å²) in [7, 11) is 1.27. The van der Waals surface area contributed by atoms with Gasteiger partial charge in [0.1, 0.15) is 6.04 Å². The average Bonchev–Trinajstić information content (AvgIpc) is 3.01. The number of carbonyl (C=O) groups excluding carboxylic acids is 4. The molecule has 0 spiro atoms. The van der Waals surface area contributed by atoms with E-state index in [0.29, 0.717) is 11.3 Å². The zero-order valence-electron chi connectivity index (χ0n) is 22.9. The summed E-state index contributed by atoms with van der Waals surface area (Å²) in [4.78, 5) is 54.8. The highest BCUT2D eigenvalue weighted by molar-refractivity contribution is 5.99. The molecule has 2 aliphatic rings. The lowest BCUT2D eigenvalue weighted by Crippen LogP contribution is -2.62. The fourth-order valence-corrected chi connectivity index (χ4v) is 5.41. The molecule has 0 saturated carbocycles. The van der Waals surface area contributed by atoms with Crippen LogP contribution in [-0.2, 0) is 16.0 Å². The molecular weight excluding hydrogens is 546 g/mol. The van der Waals surface area contributed by atoms with Gasteiger partial charge in [-0.25, -0.2) is 18.4 Å². The van der Waals surface area contributed by atoms with Crippen molar-refractivity contribution in [3.63, 3.8) is 0 Å². The Bertz CT molecular complexity index is 1510. The maximum Gasteiger partial charge on any atom is 0.337 e. The molecule has 42 heavy (non-hydrogen) atoms. The lowest BCUT2D eigenvalue weighted by atomic mass is 9.87. The number of amides is 4. The Kier molecular flexibility index (Phi) is 8.46. The van der Waals surface area contributed by atoms with Crippen molar-refractivity contribution in [2.75, 3.05) is 32.1 Å². The van der Waals surface area contributed by atoms with E-state index < -0.39 is 41.5 Å². The lowest BCUT2D eigenvalue weighted by Gasteiger charge is -2.41. The van der Waals surface area contributed by atoms with Crippen molar-refractivity contribution in [3.8, 4) is 0 Å². The van der Waals surface area contributed by atoms with Crippen molar-refractivity contribution in [3.05, 3.63) is 101 Å². The van der Waals surface area contributed by atoms with Crippen LogP contribution >= 0.6 is 0 Å². The molecule has 5 rings (SSSR count). The number of esters is 1.